The number of hydrogen-bond acceptors (Lipinski definition) is 3. The number of thioether (sulfide) groups is 1. The molecule has 3 nitrogen and oxygen atoms in total. The number of nitrogens with zero attached hydrogens (tertiary/aromatic N) is 2. The maximum absolute atomic E-state index is 4.48. The number of aromatic nitrogens is 2. The molecule has 1 atom stereocenters. The van der Waals surface area contributed by atoms with Crippen molar-refractivity contribution < 1.29 is 0 Å². The molecule has 1 N–H and O–H groups in total. The van der Waals surface area contributed by atoms with E-state index in [1.165, 1.54) is 30.2 Å². The first-order valence-electron chi connectivity index (χ1n) is 7.12. The molecule has 0 aliphatic carbocycles. The Hall–Kier alpha value is -0.480. The van der Waals surface area contributed by atoms with Gasteiger partial charge in [0.15, 0.2) is 0 Å². The Morgan fingerprint density at radius 2 is 2.17 bits per heavy atom. The lowest BCUT2D eigenvalue weighted by Gasteiger charge is -2.18. The van der Waals surface area contributed by atoms with E-state index in [0.717, 1.165) is 19.5 Å². The van der Waals surface area contributed by atoms with Crippen LogP contribution in [0.15, 0.2) is 12.4 Å². The standard InChI is InChI=1S/C14H27N3S/c1-4-7-15-13(12-18-10-5-2)11-14-16-8-9-17(14)6-3/h8-9,13,15H,4-7,10-12H2,1-3H3. The Morgan fingerprint density at radius 1 is 1.33 bits per heavy atom. The van der Waals surface area contributed by atoms with E-state index in [1.807, 2.05) is 18.0 Å². The molecule has 1 heterocycles. The summed E-state index contributed by atoms with van der Waals surface area (Å²) in [5.74, 6) is 3.65. The quantitative estimate of drug-likeness (QED) is 0.662. The average Bonchev–Trinajstić information content (AvgIpc) is 2.83. The van der Waals surface area contributed by atoms with Gasteiger partial charge in [0.05, 0.1) is 0 Å². The summed E-state index contributed by atoms with van der Waals surface area (Å²) in [6, 6.07) is 0.550. The van der Waals surface area contributed by atoms with Crippen LogP contribution in [0.4, 0.5) is 0 Å². The first-order chi connectivity index (χ1) is 8.81. The molecule has 0 aliphatic rings. The molecule has 18 heavy (non-hydrogen) atoms. The lowest BCUT2D eigenvalue weighted by molar-refractivity contribution is 0.525. The van der Waals surface area contributed by atoms with Crippen molar-refractivity contribution in [2.45, 2.75) is 52.6 Å². The highest BCUT2D eigenvalue weighted by atomic mass is 32.2. The fourth-order valence-corrected chi connectivity index (χ4v) is 2.92. The third kappa shape index (κ3) is 5.44. The van der Waals surface area contributed by atoms with Gasteiger partial charge in [-0.25, -0.2) is 4.98 Å². The molecule has 0 aliphatic heterocycles. The van der Waals surface area contributed by atoms with E-state index in [4.69, 9.17) is 0 Å². The highest BCUT2D eigenvalue weighted by Gasteiger charge is 2.12. The van der Waals surface area contributed by atoms with Gasteiger partial charge in [-0.3, -0.25) is 0 Å². The van der Waals surface area contributed by atoms with Crippen LogP contribution < -0.4 is 5.32 Å². The van der Waals surface area contributed by atoms with Crippen molar-refractivity contribution in [3.8, 4) is 0 Å². The minimum absolute atomic E-state index is 0.550. The van der Waals surface area contributed by atoms with Gasteiger partial charge in [-0.1, -0.05) is 13.8 Å². The number of aryl methyl sites for hydroxylation is 1. The third-order valence-corrected chi connectivity index (χ3v) is 4.26. The summed E-state index contributed by atoms with van der Waals surface area (Å²) in [6.45, 7) is 8.75. The Morgan fingerprint density at radius 3 is 2.83 bits per heavy atom. The predicted molar refractivity (Wildman–Crippen MR) is 81.3 cm³/mol. The number of imidazole rings is 1. The molecule has 104 valence electrons. The highest BCUT2D eigenvalue weighted by Crippen LogP contribution is 2.09. The molecule has 0 saturated carbocycles. The molecule has 1 aromatic rings. The molecule has 0 radical (unpaired) electrons. The van der Waals surface area contributed by atoms with Crippen LogP contribution in [-0.2, 0) is 13.0 Å². The van der Waals surface area contributed by atoms with Crippen LogP contribution in [0.2, 0.25) is 0 Å². The number of hydrogen-bond donors (Lipinski definition) is 1. The van der Waals surface area contributed by atoms with Crippen LogP contribution in [0, 0.1) is 0 Å². The highest BCUT2D eigenvalue weighted by molar-refractivity contribution is 7.99. The normalized spacial score (nSPS) is 12.8. The molecule has 0 amide bonds. The van der Waals surface area contributed by atoms with E-state index in [9.17, 15) is 0 Å². The van der Waals surface area contributed by atoms with Gasteiger partial charge in [-0.15, -0.1) is 0 Å². The van der Waals surface area contributed by atoms with Gasteiger partial charge in [-0.05, 0) is 32.1 Å². The SMILES string of the molecule is CCCNC(CSCCC)Cc1nccn1CC. The van der Waals surface area contributed by atoms with Gasteiger partial charge >= 0.3 is 0 Å². The molecule has 0 spiro atoms. The average molecular weight is 269 g/mol. The maximum Gasteiger partial charge on any atom is 0.110 e. The summed E-state index contributed by atoms with van der Waals surface area (Å²) in [6.07, 6.45) is 7.48. The summed E-state index contributed by atoms with van der Waals surface area (Å²) in [4.78, 5) is 4.48. The Labute approximate surface area is 116 Å². The van der Waals surface area contributed by atoms with Gasteiger partial charge in [0, 0.05) is 37.2 Å². The monoisotopic (exact) mass is 269 g/mol. The number of nitrogens with one attached hydrogen (secondary N) is 1. The van der Waals surface area contributed by atoms with Crippen molar-refractivity contribution in [3.63, 3.8) is 0 Å². The Balaban J connectivity index is 2.48. The second kappa shape index (κ2) is 9.45. The van der Waals surface area contributed by atoms with Gasteiger partial charge in [0.1, 0.15) is 5.82 Å². The maximum atomic E-state index is 4.48. The number of rotatable bonds is 10. The minimum atomic E-state index is 0.550. The molecule has 0 saturated heterocycles. The van der Waals surface area contributed by atoms with Crippen LogP contribution in [0.25, 0.3) is 0 Å². The topological polar surface area (TPSA) is 29.9 Å². The molecule has 0 bridgehead atoms. The third-order valence-electron chi connectivity index (χ3n) is 2.92. The van der Waals surface area contributed by atoms with E-state index in [0.29, 0.717) is 6.04 Å². The molecular formula is C14H27N3S. The van der Waals surface area contributed by atoms with Crippen LogP contribution in [0.1, 0.15) is 39.4 Å². The van der Waals surface area contributed by atoms with Crippen molar-refractivity contribution >= 4 is 11.8 Å². The molecule has 4 heteroatoms. The van der Waals surface area contributed by atoms with E-state index >= 15 is 0 Å². The van der Waals surface area contributed by atoms with Crippen LogP contribution in [0.5, 0.6) is 0 Å². The van der Waals surface area contributed by atoms with Crippen molar-refractivity contribution in [1.29, 1.82) is 0 Å². The van der Waals surface area contributed by atoms with Crippen LogP contribution >= 0.6 is 11.8 Å². The van der Waals surface area contributed by atoms with Gasteiger partial charge < -0.3 is 9.88 Å². The largest absolute Gasteiger partial charge is 0.335 e. The zero-order chi connectivity index (χ0) is 13.2. The summed E-state index contributed by atoms with van der Waals surface area (Å²) >= 11 is 2.05. The zero-order valence-corrected chi connectivity index (χ0v) is 12.8. The smallest absolute Gasteiger partial charge is 0.110 e. The summed E-state index contributed by atoms with van der Waals surface area (Å²) in [7, 11) is 0. The molecule has 1 unspecified atom stereocenters. The van der Waals surface area contributed by atoms with E-state index in [-0.39, 0.29) is 0 Å². The van der Waals surface area contributed by atoms with Gasteiger partial charge in [0.2, 0.25) is 0 Å². The Bertz CT molecular complexity index is 312. The lowest BCUT2D eigenvalue weighted by atomic mass is 10.2. The lowest BCUT2D eigenvalue weighted by Crippen LogP contribution is -2.35. The molecule has 1 aromatic heterocycles. The predicted octanol–water partition coefficient (Wildman–Crippen LogP) is 2.96. The van der Waals surface area contributed by atoms with Crippen molar-refractivity contribution in [1.82, 2.24) is 14.9 Å². The van der Waals surface area contributed by atoms with E-state index in [1.54, 1.807) is 0 Å². The van der Waals surface area contributed by atoms with Crippen LogP contribution in [0.3, 0.4) is 0 Å². The van der Waals surface area contributed by atoms with Crippen LogP contribution in [-0.4, -0.2) is 33.6 Å². The summed E-state index contributed by atoms with van der Waals surface area (Å²) < 4.78 is 2.24. The fraction of sp³-hybridized carbons (Fsp3) is 0.786. The first kappa shape index (κ1) is 15.6. The van der Waals surface area contributed by atoms with Crippen molar-refractivity contribution in [2.24, 2.45) is 0 Å². The minimum Gasteiger partial charge on any atom is -0.335 e. The fourth-order valence-electron chi connectivity index (χ4n) is 1.95. The van der Waals surface area contributed by atoms with E-state index in [2.05, 4.69) is 41.8 Å². The van der Waals surface area contributed by atoms with Gasteiger partial charge in [-0.2, -0.15) is 11.8 Å². The molecule has 0 fully saturated rings. The Kier molecular flexibility index (Phi) is 8.18. The second-order valence-corrected chi connectivity index (χ2v) is 5.71. The van der Waals surface area contributed by atoms with Gasteiger partial charge in [0.25, 0.3) is 0 Å². The van der Waals surface area contributed by atoms with Crippen molar-refractivity contribution in [3.05, 3.63) is 18.2 Å². The molecular weight excluding hydrogens is 242 g/mol. The first-order valence-corrected chi connectivity index (χ1v) is 8.28. The van der Waals surface area contributed by atoms with E-state index < -0.39 is 0 Å². The zero-order valence-electron chi connectivity index (χ0n) is 12.0. The second-order valence-electron chi connectivity index (χ2n) is 4.56. The molecule has 1 rings (SSSR count). The summed E-state index contributed by atoms with van der Waals surface area (Å²) in [5, 5.41) is 3.64. The molecule has 0 aromatic carbocycles. The van der Waals surface area contributed by atoms with Crippen molar-refractivity contribution in [2.75, 3.05) is 18.1 Å². The summed E-state index contributed by atoms with van der Waals surface area (Å²) in [5.41, 5.74) is 0.